The SMILES string of the molecule is CCc1cc(CC)c2cc(CC)c3c(CC)cc4cccc5c4c3c2c1-5. The fourth-order valence-electron chi connectivity index (χ4n) is 5.26. The van der Waals surface area contributed by atoms with E-state index in [9.17, 15) is 0 Å². The standard InChI is InChI=1S/C26H26/c1-5-15-12-17(7-3)23-20-11-9-10-19-13-16(6-2)22-18(8-4)14-21(15)25(23)26(22)24(19)20/h9-14H,5-8H2,1-4H3. The van der Waals surface area contributed by atoms with E-state index in [1.807, 2.05) is 0 Å². The third kappa shape index (κ3) is 1.80. The van der Waals surface area contributed by atoms with E-state index in [-0.39, 0.29) is 0 Å². The van der Waals surface area contributed by atoms with Crippen molar-refractivity contribution >= 4 is 32.3 Å². The Morgan fingerprint density at radius 2 is 1.27 bits per heavy atom. The zero-order valence-corrected chi connectivity index (χ0v) is 16.3. The Balaban J connectivity index is 2.18. The van der Waals surface area contributed by atoms with Crippen LogP contribution in [0, 0.1) is 0 Å². The fraction of sp³-hybridized carbons (Fsp3) is 0.308. The van der Waals surface area contributed by atoms with Crippen LogP contribution in [0.5, 0.6) is 0 Å². The lowest BCUT2D eigenvalue weighted by atomic mass is 9.87. The van der Waals surface area contributed by atoms with Crippen LogP contribution in [0.25, 0.3) is 43.4 Å². The third-order valence-corrected chi connectivity index (χ3v) is 6.47. The maximum absolute atomic E-state index is 2.51. The van der Waals surface area contributed by atoms with Crippen molar-refractivity contribution in [2.75, 3.05) is 0 Å². The molecule has 1 aliphatic carbocycles. The van der Waals surface area contributed by atoms with Crippen LogP contribution in [-0.4, -0.2) is 0 Å². The first-order chi connectivity index (χ1) is 12.7. The van der Waals surface area contributed by atoms with Crippen molar-refractivity contribution in [2.45, 2.75) is 53.4 Å². The van der Waals surface area contributed by atoms with Crippen LogP contribution in [0.1, 0.15) is 49.9 Å². The Morgan fingerprint density at radius 3 is 1.96 bits per heavy atom. The van der Waals surface area contributed by atoms with Crippen LogP contribution in [0.4, 0.5) is 0 Å². The summed E-state index contributed by atoms with van der Waals surface area (Å²) in [7, 11) is 0. The summed E-state index contributed by atoms with van der Waals surface area (Å²) in [5, 5.41) is 9.03. The van der Waals surface area contributed by atoms with Gasteiger partial charge in [-0.2, -0.15) is 0 Å². The van der Waals surface area contributed by atoms with Crippen LogP contribution < -0.4 is 0 Å². The number of hydrogen-bond acceptors (Lipinski definition) is 0. The van der Waals surface area contributed by atoms with Crippen LogP contribution in [0.15, 0.2) is 36.4 Å². The number of fused-ring (bicyclic) bond motifs is 1. The predicted octanol–water partition coefficient (Wildman–Crippen LogP) is 7.38. The molecule has 0 unspecified atom stereocenters. The summed E-state index contributed by atoms with van der Waals surface area (Å²) in [6.45, 7) is 9.20. The summed E-state index contributed by atoms with van der Waals surface area (Å²) in [4.78, 5) is 0. The van der Waals surface area contributed by atoms with Gasteiger partial charge in [0.25, 0.3) is 0 Å². The number of rotatable bonds is 4. The Hall–Kier alpha value is -2.34. The molecule has 0 aromatic heterocycles. The molecule has 0 saturated heterocycles. The minimum absolute atomic E-state index is 1.10. The van der Waals surface area contributed by atoms with Crippen molar-refractivity contribution in [1.29, 1.82) is 0 Å². The van der Waals surface area contributed by atoms with Gasteiger partial charge in [0.15, 0.2) is 0 Å². The number of benzene rings is 4. The molecule has 0 heterocycles. The summed E-state index contributed by atoms with van der Waals surface area (Å²) in [5.74, 6) is 0. The van der Waals surface area contributed by atoms with Crippen molar-refractivity contribution in [1.82, 2.24) is 0 Å². The van der Waals surface area contributed by atoms with E-state index in [4.69, 9.17) is 0 Å². The molecule has 0 fully saturated rings. The molecular formula is C26H26. The molecule has 0 amide bonds. The summed E-state index contributed by atoms with van der Waals surface area (Å²) in [5.41, 5.74) is 9.04. The molecule has 0 spiro atoms. The van der Waals surface area contributed by atoms with Crippen molar-refractivity contribution < 1.29 is 0 Å². The molecule has 0 saturated carbocycles. The highest BCUT2D eigenvalue weighted by molar-refractivity contribution is 6.34. The molecule has 0 N–H and O–H groups in total. The fourth-order valence-corrected chi connectivity index (χ4v) is 5.26. The molecule has 0 atom stereocenters. The van der Waals surface area contributed by atoms with E-state index in [0.29, 0.717) is 0 Å². The Morgan fingerprint density at radius 1 is 0.577 bits per heavy atom. The van der Waals surface area contributed by atoms with E-state index < -0.39 is 0 Å². The zero-order chi connectivity index (χ0) is 18.0. The Kier molecular flexibility index (Phi) is 3.41. The summed E-state index contributed by atoms with van der Waals surface area (Å²) >= 11 is 0. The lowest BCUT2D eigenvalue weighted by Gasteiger charge is -2.16. The van der Waals surface area contributed by atoms with Gasteiger partial charge in [-0.15, -0.1) is 0 Å². The molecule has 0 aliphatic heterocycles. The first kappa shape index (κ1) is 15.9. The molecular weight excluding hydrogens is 312 g/mol. The molecule has 1 aliphatic rings. The highest BCUT2D eigenvalue weighted by Crippen LogP contribution is 2.51. The molecule has 4 aromatic carbocycles. The van der Waals surface area contributed by atoms with Gasteiger partial charge < -0.3 is 0 Å². The maximum Gasteiger partial charge on any atom is -0.000857 e. The molecule has 0 heteroatoms. The van der Waals surface area contributed by atoms with Gasteiger partial charge in [-0.1, -0.05) is 64.1 Å². The second-order valence-corrected chi connectivity index (χ2v) is 7.63. The molecule has 0 bridgehead atoms. The normalized spacial score (nSPS) is 12.5. The molecule has 4 aromatic rings. The zero-order valence-electron chi connectivity index (χ0n) is 16.3. The van der Waals surface area contributed by atoms with Crippen molar-refractivity contribution in [2.24, 2.45) is 0 Å². The predicted molar refractivity (Wildman–Crippen MR) is 115 cm³/mol. The molecule has 130 valence electrons. The average molecular weight is 338 g/mol. The van der Waals surface area contributed by atoms with Gasteiger partial charge in [-0.3, -0.25) is 0 Å². The van der Waals surface area contributed by atoms with E-state index in [1.54, 1.807) is 5.39 Å². The largest absolute Gasteiger partial charge is 0.0613 e. The minimum atomic E-state index is 1.10. The molecule has 0 nitrogen and oxygen atoms in total. The van der Waals surface area contributed by atoms with E-state index >= 15 is 0 Å². The minimum Gasteiger partial charge on any atom is -0.0613 e. The van der Waals surface area contributed by atoms with Crippen molar-refractivity contribution in [3.8, 4) is 11.1 Å². The van der Waals surface area contributed by atoms with Gasteiger partial charge in [-0.25, -0.2) is 0 Å². The lowest BCUT2D eigenvalue weighted by Crippen LogP contribution is -1.95. The monoisotopic (exact) mass is 338 g/mol. The van der Waals surface area contributed by atoms with Gasteiger partial charge in [0.05, 0.1) is 0 Å². The van der Waals surface area contributed by atoms with Crippen LogP contribution in [0.2, 0.25) is 0 Å². The van der Waals surface area contributed by atoms with Gasteiger partial charge in [0.1, 0.15) is 0 Å². The van der Waals surface area contributed by atoms with Crippen molar-refractivity contribution in [3.63, 3.8) is 0 Å². The van der Waals surface area contributed by atoms with Gasteiger partial charge in [-0.05, 0) is 91.4 Å². The Labute approximate surface area is 155 Å². The number of aryl methyl sites for hydroxylation is 4. The Bertz CT molecular complexity index is 1210. The van der Waals surface area contributed by atoms with Crippen LogP contribution in [-0.2, 0) is 25.7 Å². The van der Waals surface area contributed by atoms with Crippen molar-refractivity contribution in [3.05, 3.63) is 58.7 Å². The van der Waals surface area contributed by atoms with E-state index in [1.165, 1.54) is 60.3 Å². The quantitative estimate of drug-likeness (QED) is 0.300. The molecule has 0 radical (unpaired) electrons. The molecule has 26 heavy (non-hydrogen) atoms. The third-order valence-electron chi connectivity index (χ3n) is 6.47. The van der Waals surface area contributed by atoms with Crippen LogP contribution in [0.3, 0.4) is 0 Å². The molecule has 5 rings (SSSR count). The topological polar surface area (TPSA) is 0 Å². The first-order valence-electron chi connectivity index (χ1n) is 10.2. The van der Waals surface area contributed by atoms with Crippen LogP contribution >= 0.6 is 0 Å². The smallest absolute Gasteiger partial charge is 0.000857 e. The second kappa shape index (κ2) is 5.58. The summed E-state index contributed by atoms with van der Waals surface area (Å²) in [6.07, 6.45) is 4.39. The van der Waals surface area contributed by atoms with Gasteiger partial charge >= 0.3 is 0 Å². The number of hydrogen-bond donors (Lipinski definition) is 0. The van der Waals surface area contributed by atoms with Gasteiger partial charge in [0.2, 0.25) is 0 Å². The highest BCUT2D eigenvalue weighted by atomic mass is 14.3. The second-order valence-electron chi connectivity index (χ2n) is 7.63. The average Bonchev–Trinajstić information content (AvgIpc) is 3.04. The van der Waals surface area contributed by atoms with E-state index in [2.05, 4.69) is 64.1 Å². The van der Waals surface area contributed by atoms with E-state index in [0.717, 1.165) is 25.7 Å². The summed E-state index contributed by atoms with van der Waals surface area (Å²) in [6, 6.07) is 14.3. The highest BCUT2D eigenvalue weighted by Gasteiger charge is 2.26. The van der Waals surface area contributed by atoms with Gasteiger partial charge in [0, 0.05) is 0 Å². The summed E-state index contributed by atoms with van der Waals surface area (Å²) < 4.78 is 0. The first-order valence-corrected chi connectivity index (χ1v) is 10.2. The maximum atomic E-state index is 2.51. The lowest BCUT2D eigenvalue weighted by molar-refractivity contribution is 1.10.